The number of allylic oxidation sites excluding steroid dienone is 1. The Morgan fingerprint density at radius 2 is 1.88 bits per heavy atom. The molecule has 2 N–H and O–H groups in total. The number of benzene rings is 1. The number of amides is 2. The van der Waals surface area contributed by atoms with Gasteiger partial charge in [-0.3, -0.25) is 4.79 Å². The van der Waals surface area contributed by atoms with E-state index in [1.165, 1.54) is 0 Å². The van der Waals surface area contributed by atoms with E-state index < -0.39 is 11.7 Å². The van der Waals surface area contributed by atoms with E-state index >= 15 is 0 Å². The number of carbonyl (C=O) groups excluding carboxylic acids is 2. The second kappa shape index (κ2) is 12.3. The summed E-state index contributed by atoms with van der Waals surface area (Å²) in [4.78, 5) is 25.0. The molecule has 2 amide bonds. The maximum absolute atomic E-state index is 12.7. The van der Waals surface area contributed by atoms with Crippen LogP contribution in [0.1, 0.15) is 73.3 Å². The Balaban J connectivity index is 0.00000249. The van der Waals surface area contributed by atoms with Crippen molar-refractivity contribution in [2.75, 3.05) is 12.4 Å². The number of rotatable bonds is 2. The van der Waals surface area contributed by atoms with Crippen LogP contribution in [-0.2, 0) is 9.53 Å². The molecule has 6 heteroatoms. The van der Waals surface area contributed by atoms with Crippen LogP contribution < -0.4 is 15.4 Å². The third-order valence-electron chi connectivity index (χ3n) is 5.03. The molecule has 0 saturated carbocycles. The molecule has 1 aliphatic rings. The van der Waals surface area contributed by atoms with E-state index in [0.717, 1.165) is 23.1 Å². The summed E-state index contributed by atoms with van der Waals surface area (Å²) in [6.45, 7) is 17.6. The van der Waals surface area contributed by atoms with Gasteiger partial charge in [-0.25, -0.2) is 4.79 Å². The van der Waals surface area contributed by atoms with Gasteiger partial charge in [0.15, 0.2) is 0 Å². The normalized spacial score (nSPS) is 21.2. The Labute approximate surface area is 193 Å². The van der Waals surface area contributed by atoms with E-state index in [2.05, 4.69) is 17.2 Å². The maximum Gasteiger partial charge on any atom is 0.408 e. The highest BCUT2D eigenvalue weighted by Gasteiger charge is 2.23. The Hall–Kier alpha value is -2.76. The fourth-order valence-electron chi connectivity index (χ4n) is 3.37. The number of anilines is 1. The van der Waals surface area contributed by atoms with Crippen LogP contribution in [0.5, 0.6) is 5.75 Å². The number of nitrogens with one attached hydrogen (secondary N) is 2. The van der Waals surface area contributed by atoms with Gasteiger partial charge in [-0.05, 0) is 63.8 Å². The summed E-state index contributed by atoms with van der Waals surface area (Å²) in [5.74, 6) is 0.474. The average molecular weight is 445 g/mol. The molecule has 2 atom stereocenters. The van der Waals surface area contributed by atoms with E-state index in [-0.39, 0.29) is 17.9 Å². The van der Waals surface area contributed by atoms with Crippen molar-refractivity contribution in [1.82, 2.24) is 5.32 Å². The highest BCUT2D eigenvalue weighted by molar-refractivity contribution is 5.95. The minimum Gasteiger partial charge on any atom is -0.497 e. The van der Waals surface area contributed by atoms with Crippen molar-refractivity contribution >= 4 is 23.3 Å². The number of fused-ring (bicyclic) bond motifs is 1. The van der Waals surface area contributed by atoms with Crippen molar-refractivity contribution in [2.45, 2.75) is 79.4 Å². The largest absolute Gasteiger partial charge is 0.497 e. The van der Waals surface area contributed by atoms with Crippen LogP contribution in [0.2, 0.25) is 0 Å². The standard InChI is InChI=1S/C24H34N2O4.C2H6/c1-15-9-8-10-20(26-23(28)30-24(4,5)6)17(3)13-16(2)19-12-11-18(29-7)14-21(19)25-22(15)27;1-2/h11-15,20H,3,8-10H2,1-2,4-7H3,(H,25,27)(H,26,28);1-2H3/b16-13+;. The number of hydrogen-bond donors (Lipinski definition) is 2. The van der Waals surface area contributed by atoms with E-state index in [0.29, 0.717) is 24.3 Å². The molecule has 0 aromatic heterocycles. The molecule has 0 saturated heterocycles. The first-order valence-electron chi connectivity index (χ1n) is 11.4. The Morgan fingerprint density at radius 1 is 1.22 bits per heavy atom. The van der Waals surface area contributed by atoms with E-state index in [1.54, 1.807) is 7.11 Å². The molecule has 6 nitrogen and oxygen atoms in total. The highest BCUT2D eigenvalue weighted by Crippen LogP contribution is 2.31. The van der Waals surface area contributed by atoms with E-state index in [9.17, 15) is 9.59 Å². The molecule has 2 rings (SSSR count). The third-order valence-corrected chi connectivity index (χ3v) is 5.03. The van der Waals surface area contributed by atoms with E-state index in [1.807, 2.05) is 72.7 Å². The third kappa shape index (κ3) is 8.40. The molecule has 0 fully saturated rings. The van der Waals surface area contributed by atoms with Crippen LogP contribution in [0.4, 0.5) is 10.5 Å². The second-order valence-electron chi connectivity index (χ2n) is 8.83. The van der Waals surface area contributed by atoms with Crippen molar-refractivity contribution in [2.24, 2.45) is 5.92 Å². The molecule has 1 aliphatic heterocycles. The summed E-state index contributed by atoms with van der Waals surface area (Å²) in [6.07, 6.45) is 3.63. The van der Waals surface area contributed by atoms with E-state index in [4.69, 9.17) is 9.47 Å². The van der Waals surface area contributed by atoms with Gasteiger partial charge in [0.2, 0.25) is 5.91 Å². The number of hydrogen-bond acceptors (Lipinski definition) is 4. The molecular formula is C26H40N2O4. The minimum absolute atomic E-state index is 0.0339. The zero-order valence-electron chi connectivity index (χ0n) is 20.9. The lowest BCUT2D eigenvalue weighted by molar-refractivity contribution is -0.119. The number of ether oxygens (including phenoxy) is 2. The fourth-order valence-corrected chi connectivity index (χ4v) is 3.37. The lowest BCUT2D eigenvalue weighted by Gasteiger charge is -2.25. The zero-order chi connectivity index (χ0) is 24.5. The monoisotopic (exact) mass is 444 g/mol. The van der Waals surface area contributed by atoms with Gasteiger partial charge in [-0.2, -0.15) is 0 Å². The van der Waals surface area contributed by atoms with Gasteiger partial charge >= 0.3 is 6.09 Å². The number of carbonyl (C=O) groups is 2. The molecule has 1 heterocycles. The first kappa shape index (κ1) is 27.3. The Kier molecular flexibility index (Phi) is 10.5. The summed E-state index contributed by atoms with van der Waals surface area (Å²) in [5.41, 5.74) is 2.73. The lowest BCUT2D eigenvalue weighted by Crippen LogP contribution is -2.40. The fraction of sp³-hybridized carbons (Fsp3) is 0.538. The van der Waals surface area contributed by atoms with Crippen LogP contribution in [0.25, 0.3) is 5.57 Å². The second-order valence-corrected chi connectivity index (χ2v) is 8.83. The average Bonchev–Trinajstić information content (AvgIpc) is 2.72. The molecule has 0 spiro atoms. The molecule has 178 valence electrons. The maximum atomic E-state index is 12.7. The zero-order valence-corrected chi connectivity index (χ0v) is 20.9. The smallest absolute Gasteiger partial charge is 0.408 e. The molecular weight excluding hydrogens is 404 g/mol. The SMILES string of the molecule is C=C1/C=C(\C)c2ccc(OC)cc2NC(=O)C(C)CCCC1NC(=O)OC(C)(C)C.CC. The van der Waals surface area contributed by atoms with Gasteiger partial charge in [-0.15, -0.1) is 0 Å². The molecule has 0 aliphatic carbocycles. The van der Waals surface area contributed by atoms with Crippen LogP contribution >= 0.6 is 0 Å². The van der Waals surface area contributed by atoms with Gasteiger partial charge in [0.1, 0.15) is 11.4 Å². The summed E-state index contributed by atoms with van der Waals surface area (Å²) >= 11 is 0. The predicted octanol–water partition coefficient (Wildman–Crippen LogP) is 6.33. The van der Waals surface area contributed by atoms with Crippen molar-refractivity contribution in [1.29, 1.82) is 0 Å². The Bertz CT molecular complexity index is 837. The highest BCUT2D eigenvalue weighted by atomic mass is 16.6. The Morgan fingerprint density at radius 3 is 2.47 bits per heavy atom. The predicted molar refractivity (Wildman–Crippen MR) is 132 cm³/mol. The van der Waals surface area contributed by atoms with Crippen LogP contribution in [0.3, 0.4) is 0 Å². The van der Waals surface area contributed by atoms with Crippen molar-refractivity contribution in [3.05, 3.63) is 42.0 Å². The first-order chi connectivity index (χ1) is 15.0. The van der Waals surface area contributed by atoms with Crippen LogP contribution in [0.15, 0.2) is 36.4 Å². The summed E-state index contributed by atoms with van der Waals surface area (Å²) in [5, 5.41) is 5.98. The van der Waals surface area contributed by atoms with Crippen molar-refractivity contribution in [3.8, 4) is 5.75 Å². The summed E-state index contributed by atoms with van der Waals surface area (Å²) in [6, 6.07) is 5.32. The van der Waals surface area contributed by atoms with Crippen molar-refractivity contribution in [3.63, 3.8) is 0 Å². The minimum atomic E-state index is -0.576. The molecule has 0 bridgehead atoms. The summed E-state index contributed by atoms with van der Waals surface area (Å²) < 4.78 is 10.7. The van der Waals surface area contributed by atoms with Crippen LogP contribution in [0, 0.1) is 5.92 Å². The van der Waals surface area contributed by atoms with Gasteiger partial charge in [-0.1, -0.05) is 39.8 Å². The molecule has 2 unspecified atom stereocenters. The molecule has 32 heavy (non-hydrogen) atoms. The van der Waals surface area contributed by atoms with Crippen LogP contribution in [-0.4, -0.2) is 30.8 Å². The van der Waals surface area contributed by atoms with Gasteiger partial charge < -0.3 is 20.1 Å². The quantitative estimate of drug-likeness (QED) is 0.558. The number of methoxy groups -OCH3 is 1. The van der Waals surface area contributed by atoms with Gasteiger partial charge in [0.25, 0.3) is 0 Å². The number of alkyl carbamates (subject to hydrolysis) is 1. The van der Waals surface area contributed by atoms with Gasteiger partial charge in [0, 0.05) is 17.5 Å². The molecule has 1 aromatic rings. The topological polar surface area (TPSA) is 76.7 Å². The van der Waals surface area contributed by atoms with Crippen molar-refractivity contribution < 1.29 is 19.1 Å². The van der Waals surface area contributed by atoms with Gasteiger partial charge in [0.05, 0.1) is 18.8 Å². The first-order valence-corrected chi connectivity index (χ1v) is 11.4. The molecule has 1 aromatic carbocycles. The lowest BCUT2D eigenvalue weighted by atomic mass is 9.93. The summed E-state index contributed by atoms with van der Waals surface area (Å²) in [7, 11) is 1.60. The molecule has 0 radical (unpaired) electrons.